The molecule has 0 fully saturated rings. The quantitative estimate of drug-likeness (QED) is 0.612. The van der Waals surface area contributed by atoms with Crippen molar-refractivity contribution in [2.24, 2.45) is 0 Å². The fraction of sp³-hybridized carbons (Fsp3) is 0.235. The molecule has 1 nitrogen and oxygen atoms in total. The molecule has 0 N–H and O–H groups in total. The van der Waals surface area contributed by atoms with E-state index >= 15 is 0 Å². The van der Waals surface area contributed by atoms with Crippen LogP contribution in [0.4, 0.5) is 0 Å². The van der Waals surface area contributed by atoms with Crippen molar-refractivity contribution < 1.29 is 4.79 Å². The molecule has 0 radical (unpaired) electrons. The maximum absolute atomic E-state index is 12.4. The maximum atomic E-state index is 12.4. The van der Waals surface area contributed by atoms with E-state index in [9.17, 15) is 4.79 Å². The Balaban J connectivity index is 2.34. The van der Waals surface area contributed by atoms with E-state index in [4.69, 9.17) is 0 Å². The van der Waals surface area contributed by atoms with Crippen molar-refractivity contribution in [1.29, 1.82) is 0 Å². The highest BCUT2D eigenvalue weighted by atomic mass is 28.3. The first kappa shape index (κ1) is 13.8. The van der Waals surface area contributed by atoms with Gasteiger partial charge in [-0.15, -0.1) is 0 Å². The second kappa shape index (κ2) is 5.14. The third-order valence-electron chi connectivity index (χ3n) is 3.40. The van der Waals surface area contributed by atoms with Crippen LogP contribution in [0.25, 0.3) is 0 Å². The van der Waals surface area contributed by atoms with Gasteiger partial charge in [0.2, 0.25) is 0 Å². The van der Waals surface area contributed by atoms with Crippen LogP contribution < -0.4 is 5.19 Å². The van der Waals surface area contributed by atoms with Crippen molar-refractivity contribution in [2.45, 2.75) is 26.6 Å². The largest absolute Gasteiger partial charge is 0.289 e. The van der Waals surface area contributed by atoms with E-state index in [2.05, 4.69) is 31.8 Å². The second-order valence-corrected chi connectivity index (χ2v) is 11.0. The molecule has 0 bridgehead atoms. The van der Waals surface area contributed by atoms with Crippen molar-refractivity contribution in [3.05, 3.63) is 65.2 Å². The summed E-state index contributed by atoms with van der Waals surface area (Å²) in [4.78, 5) is 12.4. The van der Waals surface area contributed by atoms with E-state index in [1.54, 1.807) is 0 Å². The average Bonchev–Trinajstić information content (AvgIpc) is 2.38. The Kier molecular flexibility index (Phi) is 3.72. The summed E-state index contributed by atoms with van der Waals surface area (Å²) < 4.78 is 0. The second-order valence-electron chi connectivity index (χ2n) is 5.97. The molecule has 0 aliphatic rings. The van der Waals surface area contributed by atoms with Crippen LogP contribution in [-0.4, -0.2) is 13.9 Å². The number of rotatable bonds is 3. The minimum atomic E-state index is -1.29. The molecule has 98 valence electrons. The van der Waals surface area contributed by atoms with Gasteiger partial charge in [-0.2, -0.15) is 0 Å². The molecular formula is C17H20OSi. The zero-order valence-corrected chi connectivity index (χ0v) is 13.0. The van der Waals surface area contributed by atoms with Gasteiger partial charge in [-0.05, 0) is 12.5 Å². The van der Waals surface area contributed by atoms with Gasteiger partial charge >= 0.3 is 0 Å². The fourth-order valence-electron chi connectivity index (χ4n) is 2.10. The van der Waals surface area contributed by atoms with Gasteiger partial charge in [0.05, 0.1) is 8.07 Å². The van der Waals surface area contributed by atoms with Gasteiger partial charge in [0.1, 0.15) is 0 Å². The molecule has 2 aromatic rings. The van der Waals surface area contributed by atoms with Gasteiger partial charge in [-0.3, -0.25) is 4.79 Å². The van der Waals surface area contributed by atoms with Crippen molar-refractivity contribution in [2.75, 3.05) is 0 Å². The van der Waals surface area contributed by atoms with Crippen LogP contribution >= 0.6 is 0 Å². The fourth-order valence-corrected chi connectivity index (χ4v) is 3.27. The van der Waals surface area contributed by atoms with E-state index in [-0.39, 0.29) is 5.78 Å². The Morgan fingerprint density at radius 1 is 0.895 bits per heavy atom. The molecule has 0 spiro atoms. The molecule has 2 rings (SSSR count). The zero-order valence-electron chi connectivity index (χ0n) is 12.0. The van der Waals surface area contributed by atoms with Crippen molar-refractivity contribution in [3.63, 3.8) is 0 Å². The van der Waals surface area contributed by atoms with Crippen LogP contribution in [0.15, 0.2) is 48.5 Å². The van der Waals surface area contributed by atoms with E-state index < -0.39 is 8.07 Å². The summed E-state index contributed by atoms with van der Waals surface area (Å²) in [5.74, 6) is 0.111. The van der Waals surface area contributed by atoms with Gasteiger partial charge in [0, 0.05) is 11.1 Å². The molecule has 0 amide bonds. The molecule has 0 saturated heterocycles. The Morgan fingerprint density at radius 2 is 1.47 bits per heavy atom. The summed E-state index contributed by atoms with van der Waals surface area (Å²) in [5.41, 5.74) is 2.60. The minimum Gasteiger partial charge on any atom is -0.289 e. The van der Waals surface area contributed by atoms with Gasteiger partial charge in [0.25, 0.3) is 0 Å². The Hall–Kier alpha value is -1.67. The highest BCUT2D eigenvalue weighted by molar-refractivity contribution is 6.88. The number of aryl methyl sites for hydroxylation is 1. The molecule has 19 heavy (non-hydrogen) atoms. The predicted molar refractivity (Wildman–Crippen MR) is 84.0 cm³/mol. The third kappa shape index (κ3) is 3.02. The number of carbonyl (C=O) groups is 1. The number of ketones is 1. The Morgan fingerprint density at radius 3 is 2.00 bits per heavy atom. The number of carbonyl (C=O) groups excluding carboxylic acids is 1. The third-order valence-corrected chi connectivity index (χ3v) is 5.47. The van der Waals surface area contributed by atoms with E-state index in [1.807, 2.05) is 43.3 Å². The van der Waals surface area contributed by atoms with Gasteiger partial charge < -0.3 is 0 Å². The summed E-state index contributed by atoms with van der Waals surface area (Å²) in [6.45, 7) is 8.91. The first-order valence-corrected chi connectivity index (χ1v) is 10.1. The molecule has 2 aromatic carbocycles. The average molecular weight is 268 g/mol. The molecule has 0 heterocycles. The normalized spacial score (nSPS) is 11.4. The molecule has 0 aromatic heterocycles. The molecular weight excluding hydrogens is 248 g/mol. The monoisotopic (exact) mass is 268 g/mol. The van der Waals surface area contributed by atoms with Gasteiger partial charge in [-0.1, -0.05) is 73.4 Å². The van der Waals surface area contributed by atoms with Crippen LogP contribution in [-0.2, 0) is 0 Å². The number of hydrogen-bond acceptors (Lipinski definition) is 1. The first-order valence-electron chi connectivity index (χ1n) is 6.60. The Bertz CT molecular complexity index is 591. The molecule has 0 saturated carbocycles. The highest BCUT2D eigenvalue weighted by Gasteiger charge is 2.17. The van der Waals surface area contributed by atoms with Crippen LogP contribution in [0.2, 0.25) is 19.6 Å². The summed E-state index contributed by atoms with van der Waals surface area (Å²) in [6.07, 6.45) is 0. The first-order chi connectivity index (χ1) is 8.89. The SMILES string of the molecule is Cc1ccccc1C(=O)c1ccc([Si](C)(C)C)cc1. The lowest BCUT2D eigenvalue weighted by atomic mass is 9.99. The topological polar surface area (TPSA) is 17.1 Å². The lowest BCUT2D eigenvalue weighted by Gasteiger charge is -2.16. The van der Waals surface area contributed by atoms with E-state index in [0.717, 1.165) is 16.7 Å². The number of hydrogen-bond donors (Lipinski definition) is 0. The smallest absolute Gasteiger partial charge is 0.193 e. The summed E-state index contributed by atoms with van der Waals surface area (Å²) >= 11 is 0. The lowest BCUT2D eigenvalue weighted by molar-refractivity contribution is 0.103. The molecule has 0 aliphatic carbocycles. The van der Waals surface area contributed by atoms with E-state index in [1.165, 1.54) is 5.19 Å². The summed E-state index contributed by atoms with van der Waals surface area (Å²) in [6, 6.07) is 15.9. The van der Waals surface area contributed by atoms with Gasteiger partial charge in [0.15, 0.2) is 5.78 Å². The number of benzene rings is 2. The Labute approximate surface area is 116 Å². The lowest BCUT2D eigenvalue weighted by Crippen LogP contribution is -2.37. The van der Waals surface area contributed by atoms with Crippen molar-refractivity contribution in [3.8, 4) is 0 Å². The maximum Gasteiger partial charge on any atom is 0.193 e. The standard InChI is InChI=1S/C17H20OSi/c1-13-7-5-6-8-16(13)17(18)14-9-11-15(12-10-14)19(2,3)4/h5-12H,1-4H3. The van der Waals surface area contributed by atoms with Crippen LogP contribution in [0, 0.1) is 6.92 Å². The molecule has 0 aliphatic heterocycles. The molecule has 0 unspecified atom stereocenters. The van der Waals surface area contributed by atoms with Crippen molar-refractivity contribution >= 4 is 19.0 Å². The molecule has 2 heteroatoms. The van der Waals surface area contributed by atoms with Crippen molar-refractivity contribution in [1.82, 2.24) is 0 Å². The summed E-state index contributed by atoms with van der Waals surface area (Å²) in [7, 11) is -1.29. The van der Waals surface area contributed by atoms with Crippen LogP contribution in [0.5, 0.6) is 0 Å². The van der Waals surface area contributed by atoms with Crippen LogP contribution in [0.3, 0.4) is 0 Å². The minimum absolute atomic E-state index is 0.111. The zero-order chi connectivity index (χ0) is 14.0. The summed E-state index contributed by atoms with van der Waals surface area (Å²) in [5, 5.41) is 1.38. The highest BCUT2D eigenvalue weighted by Crippen LogP contribution is 2.14. The predicted octanol–water partition coefficient (Wildman–Crippen LogP) is 3.77. The molecule has 0 atom stereocenters. The van der Waals surface area contributed by atoms with Crippen LogP contribution in [0.1, 0.15) is 21.5 Å². The van der Waals surface area contributed by atoms with E-state index in [0.29, 0.717) is 0 Å². The van der Waals surface area contributed by atoms with Gasteiger partial charge in [-0.25, -0.2) is 0 Å².